The van der Waals surface area contributed by atoms with Crippen LogP contribution >= 0.6 is 0 Å². The minimum Gasteiger partial charge on any atom is -0.244 e. The van der Waals surface area contributed by atoms with E-state index in [-0.39, 0.29) is 0 Å². The highest BCUT2D eigenvalue weighted by Gasteiger charge is 1.63. The molecule has 4 heavy (non-hydrogen) atoms. The first-order chi connectivity index (χ1) is 1.91. The molecule has 0 aromatic carbocycles. The lowest BCUT2D eigenvalue weighted by Crippen LogP contribution is -1.49. The Balaban J connectivity index is 1.97. The fourth-order valence-corrected chi connectivity index (χ4v) is 0. The predicted octanol–water partition coefficient (Wildman–Crippen LogP) is 1.34. The molecule has 2 radical (unpaired) electrons. The lowest BCUT2D eigenvalue weighted by Gasteiger charge is -1.62. The molecule has 0 saturated carbocycles. The van der Waals surface area contributed by atoms with Crippen LogP contribution in [-0.4, -0.2) is 0 Å². The summed E-state index contributed by atoms with van der Waals surface area (Å²) >= 11 is 0. The Hall–Kier alpha value is -0.0700. The van der Waals surface area contributed by atoms with Crippen molar-refractivity contribution in [3.63, 3.8) is 0 Å². The monoisotopic (exact) mass is 60.0 g/mol. The van der Waals surface area contributed by atoms with E-state index in [9.17, 15) is 4.39 Å². The molecule has 0 unspecified atom stereocenters. The van der Waals surface area contributed by atoms with E-state index in [2.05, 4.69) is 0 Å². The highest BCUT2D eigenvalue weighted by molar-refractivity contribution is 4.63. The van der Waals surface area contributed by atoms with Crippen molar-refractivity contribution in [3.8, 4) is 0 Å². The normalized spacial score (nSPS) is 7.50. The Bertz CT molecular complexity index is 5.25. The lowest BCUT2D eigenvalue weighted by atomic mass is 10.6. The third-order valence-corrected chi connectivity index (χ3v) is 0.126. The molecule has 24 valence electrons. The van der Waals surface area contributed by atoms with Gasteiger partial charge in [-0.3, -0.25) is 0 Å². The fourth-order valence-electron chi connectivity index (χ4n) is 0. The Morgan fingerprint density at radius 3 is 2.00 bits per heavy atom. The number of hydrogen-bond donors (Lipinski definition) is 0. The van der Waals surface area contributed by atoms with Crippen molar-refractivity contribution < 1.29 is 4.39 Å². The van der Waals surface area contributed by atoms with E-state index in [4.69, 9.17) is 0 Å². The first kappa shape index (κ1) is 3.93. The van der Waals surface area contributed by atoms with E-state index in [0.29, 0.717) is 6.67 Å². The Morgan fingerprint density at radius 2 is 2.00 bits per heavy atom. The zero-order valence-corrected chi connectivity index (χ0v) is 2.53. The quantitative estimate of drug-likeness (QED) is 0.428. The lowest BCUT2D eigenvalue weighted by molar-refractivity contribution is 0.637. The Labute approximate surface area is 25.6 Å². The molecule has 0 atom stereocenters. The molecule has 0 aliphatic rings. The number of halogens is 1. The standard InChI is InChI=1S/C3H5F/c1-2-3-4/h2-3H,1H3. The van der Waals surface area contributed by atoms with E-state index in [1.54, 1.807) is 6.92 Å². The maximum atomic E-state index is 10.5. The second kappa shape index (κ2) is 2.93. The second-order valence-electron chi connectivity index (χ2n) is 0.459. The van der Waals surface area contributed by atoms with Crippen LogP contribution in [0.3, 0.4) is 0 Å². The minimum atomic E-state index is 0.500. The van der Waals surface area contributed by atoms with Gasteiger partial charge in [0.2, 0.25) is 0 Å². The topological polar surface area (TPSA) is 0 Å². The van der Waals surface area contributed by atoms with Gasteiger partial charge in [0.25, 0.3) is 0 Å². The maximum Gasteiger partial charge on any atom is 0.134 e. The third-order valence-electron chi connectivity index (χ3n) is 0.126. The molecule has 0 aliphatic heterocycles. The van der Waals surface area contributed by atoms with Gasteiger partial charge in [0, 0.05) is 0 Å². The summed E-state index contributed by atoms with van der Waals surface area (Å²) in [4.78, 5) is 0. The van der Waals surface area contributed by atoms with E-state index >= 15 is 0 Å². The average molecular weight is 60.1 g/mol. The molecule has 0 saturated heterocycles. The van der Waals surface area contributed by atoms with Gasteiger partial charge in [-0.2, -0.15) is 0 Å². The SMILES string of the molecule is C[CH][CH]F. The van der Waals surface area contributed by atoms with Gasteiger partial charge in [-0.25, -0.2) is 4.39 Å². The number of hydrogen-bond acceptors (Lipinski definition) is 0. The molecule has 0 aromatic heterocycles. The van der Waals surface area contributed by atoms with Crippen molar-refractivity contribution >= 4 is 0 Å². The molecule has 0 heterocycles. The summed E-state index contributed by atoms with van der Waals surface area (Å²) in [6, 6.07) is 0. The first-order valence-electron chi connectivity index (χ1n) is 1.13. The van der Waals surface area contributed by atoms with Gasteiger partial charge in [-0.15, -0.1) is 0 Å². The molecule has 0 bridgehead atoms. The summed E-state index contributed by atoms with van der Waals surface area (Å²) in [6.07, 6.45) is 1.33. The molecule has 0 aliphatic carbocycles. The summed E-state index contributed by atoms with van der Waals surface area (Å²) in [5.74, 6) is 0. The summed E-state index contributed by atoms with van der Waals surface area (Å²) in [5.41, 5.74) is 0. The molecule has 1 heteroatoms. The highest BCUT2D eigenvalue weighted by atomic mass is 19.1. The van der Waals surface area contributed by atoms with Crippen LogP contribution < -0.4 is 0 Å². The van der Waals surface area contributed by atoms with Crippen molar-refractivity contribution in [1.82, 2.24) is 0 Å². The molecule has 0 fully saturated rings. The summed E-state index contributed by atoms with van der Waals surface area (Å²) in [5, 5.41) is 0. The molecule has 0 nitrogen and oxygen atoms in total. The fraction of sp³-hybridized carbons (Fsp3) is 0.333. The van der Waals surface area contributed by atoms with Crippen molar-refractivity contribution in [2.75, 3.05) is 0 Å². The minimum absolute atomic E-state index is 0.500. The largest absolute Gasteiger partial charge is 0.244 e. The molecular weight excluding hydrogens is 55.0 g/mol. The molecule has 0 aromatic rings. The van der Waals surface area contributed by atoms with Crippen LogP contribution in [0.1, 0.15) is 6.92 Å². The van der Waals surface area contributed by atoms with Crippen LogP contribution in [0.4, 0.5) is 4.39 Å². The van der Waals surface area contributed by atoms with Gasteiger partial charge in [-0.1, -0.05) is 6.92 Å². The van der Waals surface area contributed by atoms with Gasteiger partial charge in [0.05, 0.1) is 0 Å². The van der Waals surface area contributed by atoms with Crippen LogP contribution in [-0.2, 0) is 0 Å². The molecular formula is C3H5F. The zero-order valence-electron chi connectivity index (χ0n) is 2.53. The average Bonchev–Trinajstić information content (AvgIpc) is 1.37. The van der Waals surface area contributed by atoms with Crippen LogP contribution in [0, 0.1) is 13.1 Å². The molecule has 0 spiro atoms. The van der Waals surface area contributed by atoms with Crippen molar-refractivity contribution in [2.24, 2.45) is 0 Å². The highest BCUT2D eigenvalue weighted by Crippen LogP contribution is 1.77. The van der Waals surface area contributed by atoms with Crippen LogP contribution in [0.5, 0.6) is 0 Å². The van der Waals surface area contributed by atoms with Crippen LogP contribution in [0.15, 0.2) is 0 Å². The van der Waals surface area contributed by atoms with E-state index < -0.39 is 0 Å². The maximum absolute atomic E-state index is 10.5. The molecule has 0 amide bonds. The smallest absolute Gasteiger partial charge is 0.134 e. The third kappa shape index (κ3) is 1.93. The van der Waals surface area contributed by atoms with Crippen molar-refractivity contribution in [2.45, 2.75) is 6.92 Å². The molecule has 0 N–H and O–H groups in total. The Kier molecular flexibility index (Phi) is 2.88. The predicted molar refractivity (Wildman–Crippen MR) is 15.4 cm³/mol. The first-order valence-corrected chi connectivity index (χ1v) is 1.13. The van der Waals surface area contributed by atoms with Gasteiger partial charge in [0.15, 0.2) is 0 Å². The summed E-state index contributed by atoms with van der Waals surface area (Å²) in [7, 11) is 0. The van der Waals surface area contributed by atoms with Crippen molar-refractivity contribution in [1.29, 1.82) is 0 Å². The van der Waals surface area contributed by atoms with Gasteiger partial charge >= 0.3 is 0 Å². The summed E-state index contributed by atoms with van der Waals surface area (Å²) in [6.45, 7) is 2.12. The van der Waals surface area contributed by atoms with Gasteiger partial charge in [0.1, 0.15) is 6.67 Å². The summed E-state index contributed by atoms with van der Waals surface area (Å²) < 4.78 is 10.5. The van der Waals surface area contributed by atoms with Crippen LogP contribution in [0.2, 0.25) is 0 Å². The number of rotatable bonds is 1. The van der Waals surface area contributed by atoms with Crippen molar-refractivity contribution in [3.05, 3.63) is 13.1 Å². The van der Waals surface area contributed by atoms with Gasteiger partial charge in [-0.05, 0) is 6.42 Å². The second-order valence-corrected chi connectivity index (χ2v) is 0.459. The molecule has 0 rings (SSSR count). The van der Waals surface area contributed by atoms with Gasteiger partial charge < -0.3 is 0 Å². The van der Waals surface area contributed by atoms with E-state index in [1.165, 1.54) is 6.42 Å². The zero-order chi connectivity index (χ0) is 3.41. The van der Waals surface area contributed by atoms with Crippen LogP contribution in [0.25, 0.3) is 0 Å². The Morgan fingerprint density at radius 1 is 1.75 bits per heavy atom. The van der Waals surface area contributed by atoms with E-state index in [1.807, 2.05) is 0 Å². The van der Waals surface area contributed by atoms with E-state index in [0.717, 1.165) is 0 Å².